The summed E-state index contributed by atoms with van der Waals surface area (Å²) >= 11 is 0. The van der Waals surface area contributed by atoms with Crippen LogP contribution in [0.3, 0.4) is 0 Å². The van der Waals surface area contributed by atoms with Crippen LogP contribution >= 0.6 is 0 Å². The molecule has 13 heteroatoms. The van der Waals surface area contributed by atoms with Crippen LogP contribution in [0.1, 0.15) is 32.9 Å². The fourth-order valence-electron chi connectivity index (χ4n) is 2.80. The molecule has 0 saturated heterocycles. The van der Waals surface area contributed by atoms with Crippen molar-refractivity contribution in [3.8, 4) is 0 Å². The van der Waals surface area contributed by atoms with E-state index in [0.29, 0.717) is 5.69 Å². The smallest absolute Gasteiger partial charge is 0.326 e. The van der Waals surface area contributed by atoms with Crippen LogP contribution in [0.4, 0.5) is 0 Å². The number of carbonyl (C=O) groups is 4. The van der Waals surface area contributed by atoms with Gasteiger partial charge in [-0.1, -0.05) is 13.8 Å². The molecule has 1 aromatic rings. The van der Waals surface area contributed by atoms with Crippen LogP contribution in [0, 0.1) is 5.92 Å². The number of nitrogens with zero attached hydrogens (tertiary/aromatic N) is 1. The lowest BCUT2D eigenvalue weighted by Crippen LogP contribution is -2.60. The Bertz CT molecular complexity index is 768. The summed E-state index contributed by atoms with van der Waals surface area (Å²) in [6.07, 6.45) is 1.54. The molecule has 0 saturated carbocycles. The Morgan fingerprint density at radius 3 is 2.16 bits per heavy atom. The van der Waals surface area contributed by atoms with Crippen LogP contribution < -0.4 is 21.7 Å². The Labute approximate surface area is 185 Å². The molecule has 9 N–H and O–H groups in total. The summed E-state index contributed by atoms with van der Waals surface area (Å²) in [5.41, 5.74) is 5.97. The molecule has 13 nitrogen and oxygen atoms in total. The van der Waals surface area contributed by atoms with Gasteiger partial charge in [0.15, 0.2) is 0 Å². The third kappa shape index (κ3) is 8.61. The molecule has 1 heterocycles. The van der Waals surface area contributed by atoms with Crippen LogP contribution in [0.5, 0.6) is 0 Å². The highest BCUT2D eigenvalue weighted by molar-refractivity contribution is 5.94. The van der Waals surface area contributed by atoms with Crippen LogP contribution in [0.15, 0.2) is 12.5 Å². The Balaban J connectivity index is 2.99. The van der Waals surface area contributed by atoms with Crippen LogP contribution in [-0.4, -0.2) is 85.9 Å². The Morgan fingerprint density at radius 2 is 1.69 bits per heavy atom. The van der Waals surface area contributed by atoms with Crippen molar-refractivity contribution in [2.45, 2.75) is 63.9 Å². The number of aromatic nitrogens is 2. The molecule has 0 aliphatic carbocycles. The second-order valence-electron chi connectivity index (χ2n) is 7.89. The van der Waals surface area contributed by atoms with E-state index in [1.807, 2.05) is 0 Å². The maximum atomic E-state index is 12.9. The lowest BCUT2D eigenvalue weighted by Gasteiger charge is -2.26. The molecule has 3 amide bonds. The first kappa shape index (κ1) is 27.0. The van der Waals surface area contributed by atoms with E-state index in [4.69, 9.17) is 10.8 Å². The van der Waals surface area contributed by atoms with E-state index >= 15 is 0 Å². The van der Waals surface area contributed by atoms with Crippen LogP contribution in [-0.2, 0) is 25.6 Å². The molecule has 32 heavy (non-hydrogen) atoms. The number of nitrogens with two attached hydrogens (primary N) is 1. The number of H-pyrrole nitrogens is 1. The van der Waals surface area contributed by atoms with Gasteiger partial charge in [0.1, 0.15) is 24.2 Å². The zero-order valence-electron chi connectivity index (χ0n) is 18.2. The number of aliphatic hydroxyl groups is 2. The summed E-state index contributed by atoms with van der Waals surface area (Å²) in [7, 11) is 0. The van der Waals surface area contributed by atoms with Gasteiger partial charge in [-0.05, 0) is 19.3 Å². The normalized spacial score (nSPS) is 15.8. The standard InChI is InChI=1S/C19H32N6O7/c1-9(2)4-14(19(31)32)24-18(30)15(10(3)27)25-17(29)13(5-11-6-21-8-22-11)23-16(28)12(20)7-26/h6,8-10,12-15,26-27H,4-5,7,20H2,1-3H3,(H,21,22)(H,23,28)(H,24,30)(H,25,29)(H,31,32). The number of carbonyl (C=O) groups excluding carboxylic acids is 3. The van der Waals surface area contributed by atoms with Gasteiger partial charge in [0.05, 0.1) is 19.0 Å². The van der Waals surface area contributed by atoms with E-state index in [1.165, 1.54) is 19.4 Å². The fourth-order valence-corrected chi connectivity index (χ4v) is 2.80. The number of aromatic amines is 1. The highest BCUT2D eigenvalue weighted by Gasteiger charge is 2.33. The summed E-state index contributed by atoms with van der Waals surface area (Å²) < 4.78 is 0. The molecule has 180 valence electrons. The lowest BCUT2D eigenvalue weighted by molar-refractivity contribution is -0.143. The molecule has 0 aliphatic rings. The maximum Gasteiger partial charge on any atom is 0.326 e. The number of nitrogens with one attached hydrogen (secondary N) is 4. The minimum absolute atomic E-state index is 0.0271. The van der Waals surface area contributed by atoms with Crippen molar-refractivity contribution < 1.29 is 34.5 Å². The number of rotatable bonds is 13. The molecular formula is C19H32N6O7. The number of aliphatic carboxylic acids is 1. The average molecular weight is 457 g/mol. The number of carboxylic acid groups (broad SMARTS) is 1. The van der Waals surface area contributed by atoms with E-state index in [0.717, 1.165) is 0 Å². The largest absolute Gasteiger partial charge is 0.480 e. The topological polar surface area (TPSA) is 220 Å². The average Bonchev–Trinajstić information content (AvgIpc) is 3.22. The Kier molecular flexibility index (Phi) is 10.7. The fraction of sp³-hybridized carbons (Fsp3) is 0.632. The molecule has 0 spiro atoms. The van der Waals surface area contributed by atoms with Gasteiger partial charge in [-0.15, -0.1) is 0 Å². The predicted octanol–water partition coefficient (Wildman–Crippen LogP) is -2.76. The zero-order valence-corrected chi connectivity index (χ0v) is 18.2. The van der Waals surface area contributed by atoms with E-state index < -0.39 is 60.6 Å². The first-order chi connectivity index (χ1) is 15.0. The second kappa shape index (κ2) is 12.7. The number of aliphatic hydroxyl groups excluding tert-OH is 2. The highest BCUT2D eigenvalue weighted by Crippen LogP contribution is 2.07. The van der Waals surface area contributed by atoms with E-state index in [1.54, 1.807) is 13.8 Å². The second-order valence-corrected chi connectivity index (χ2v) is 7.89. The molecule has 0 radical (unpaired) electrons. The number of imidazole rings is 1. The van der Waals surface area contributed by atoms with Gasteiger partial charge in [-0.25, -0.2) is 9.78 Å². The van der Waals surface area contributed by atoms with Crippen molar-refractivity contribution in [1.29, 1.82) is 0 Å². The van der Waals surface area contributed by atoms with E-state index in [9.17, 15) is 29.4 Å². The van der Waals surface area contributed by atoms with Crippen LogP contribution in [0.2, 0.25) is 0 Å². The summed E-state index contributed by atoms with van der Waals surface area (Å²) in [5, 5.41) is 35.5. The van der Waals surface area contributed by atoms with E-state index in [-0.39, 0.29) is 18.8 Å². The highest BCUT2D eigenvalue weighted by atomic mass is 16.4. The minimum atomic E-state index is -1.48. The third-order valence-electron chi connectivity index (χ3n) is 4.53. The van der Waals surface area contributed by atoms with Crippen molar-refractivity contribution in [3.05, 3.63) is 18.2 Å². The predicted molar refractivity (Wildman–Crippen MR) is 112 cm³/mol. The van der Waals surface area contributed by atoms with Crippen LogP contribution in [0.25, 0.3) is 0 Å². The van der Waals surface area contributed by atoms with Gasteiger partial charge >= 0.3 is 5.97 Å². The number of hydrogen-bond acceptors (Lipinski definition) is 8. The quantitative estimate of drug-likeness (QED) is 0.154. The molecule has 5 atom stereocenters. The molecule has 1 aromatic heterocycles. The minimum Gasteiger partial charge on any atom is -0.480 e. The Hall–Kier alpha value is -3.03. The molecule has 0 fully saturated rings. The lowest BCUT2D eigenvalue weighted by atomic mass is 10.0. The van der Waals surface area contributed by atoms with Crippen molar-refractivity contribution in [2.75, 3.05) is 6.61 Å². The van der Waals surface area contributed by atoms with Crippen molar-refractivity contribution >= 4 is 23.7 Å². The van der Waals surface area contributed by atoms with Gasteiger partial charge in [-0.2, -0.15) is 0 Å². The monoisotopic (exact) mass is 456 g/mol. The molecular weight excluding hydrogens is 424 g/mol. The maximum absolute atomic E-state index is 12.9. The SMILES string of the molecule is CC(C)CC(NC(=O)C(NC(=O)C(Cc1cnc[nH]1)NC(=O)C(N)CO)C(C)O)C(=O)O. The van der Waals surface area contributed by atoms with Gasteiger partial charge in [0.2, 0.25) is 17.7 Å². The van der Waals surface area contributed by atoms with Crippen molar-refractivity contribution in [2.24, 2.45) is 11.7 Å². The third-order valence-corrected chi connectivity index (χ3v) is 4.53. The van der Waals surface area contributed by atoms with Gasteiger partial charge in [-0.3, -0.25) is 14.4 Å². The molecule has 5 unspecified atom stereocenters. The van der Waals surface area contributed by atoms with E-state index in [2.05, 4.69) is 25.9 Å². The van der Waals surface area contributed by atoms with Gasteiger partial charge in [0.25, 0.3) is 0 Å². The summed E-state index contributed by atoms with van der Waals surface area (Å²) in [4.78, 5) is 55.6. The first-order valence-electron chi connectivity index (χ1n) is 10.1. The summed E-state index contributed by atoms with van der Waals surface area (Å²) in [5.74, 6) is -3.78. The van der Waals surface area contributed by atoms with Crippen molar-refractivity contribution in [3.63, 3.8) is 0 Å². The Morgan fingerprint density at radius 1 is 1.06 bits per heavy atom. The number of hydrogen-bond donors (Lipinski definition) is 8. The van der Waals surface area contributed by atoms with Gasteiger partial charge < -0.3 is 42.0 Å². The molecule has 0 aromatic carbocycles. The van der Waals surface area contributed by atoms with Crippen molar-refractivity contribution in [1.82, 2.24) is 25.9 Å². The summed E-state index contributed by atoms with van der Waals surface area (Å²) in [6, 6.07) is -5.18. The van der Waals surface area contributed by atoms with Gasteiger partial charge in [0, 0.05) is 18.3 Å². The number of amides is 3. The number of carboxylic acids is 1. The molecule has 0 bridgehead atoms. The molecule has 0 aliphatic heterocycles. The zero-order chi connectivity index (χ0) is 24.4. The summed E-state index contributed by atoms with van der Waals surface area (Å²) in [6.45, 7) is 4.19. The first-order valence-corrected chi connectivity index (χ1v) is 10.1. The molecule has 1 rings (SSSR count).